The van der Waals surface area contributed by atoms with E-state index in [1.165, 1.54) is 0 Å². The van der Waals surface area contributed by atoms with Crippen LogP contribution in [0.3, 0.4) is 0 Å². The number of nitrogens with zero attached hydrogens (tertiary/aromatic N) is 1. The van der Waals surface area contributed by atoms with Crippen molar-refractivity contribution in [3.8, 4) is 0 Å². The summed E-state index contributed by atoms with van der Waals surface area (Å²) in [6, 6.07) is 3.85. The Morgan fingerprint density at radius 1 is 1.36 bits per heavy atom. The van der Waals surface area contributed by atoms with Gasteiger partial charge in [0.2, 0.25) is 5.91 Å². The Morgan fingerprint density at radius 2 is 2.05 bits per heavy atom. The normalized spacial score (nSPS) is 23.0. The summed E-state index contributed by atoms with van der Waals surface area (Å²) in [5, 5.41) is 9.32. The van der Waals surface area contributed by atoms with Crippen molar-refractivity contribution >= 4 is 11.9 Å². The molecule has 1 saturated carbocycles. The second-order valence-corrected chi connectivity index (χ2v) is 6.25. The third-order valence-corrected chi connectivity index (χ3v) is 4.80. The van der Waals surface area contributed by atoms with Gasteiger partial charge in [-0.1, -0.05) is 12.8 Å². The molecule has 5 heteroatoms. The highest BCUT2D eigenvalue weighted by Crippen LogP contribution is 2.32. The maximum absolute atomic E-state index is 12.7. The number of carboxylic acid groups (broad SMARTS) is 1. The van der Waals surface area contributed by atoms with Crippen LogP contribution in [-0.4, -0.2) is 35.0 Å². The van der Waals surface area contributed by atoms with Crippen molar-refractivity contribution in [2.75, 3.05) is 7.05 Å². The number of aryl methyl sites for hydroxylation is 1. The van der Waals surface area contributed by atoms with Crippen molar-refractivity contribution in [2.45, 2.75) is 51.5 Å². The minimum atomic E-state index is -0.838. The number of rotatable bonds is 6. The number of carboxylic acids is 1. The molecule has 1 fully saturated rings. The van der Waals surface area contributed by atoms with Gasteiger partial charge in [0, 0.05) is 19.5 Å². The number of hydrogen-bond acceptors (Lipinski definition) is 3. The Kier molecular flexibility index (Phi) is 5.63. The average Bonchev–Trinajstić information content (AvgIpc) is 3.04. The van der Waals surface area contributed by atoms with E-state index in [4.69, 9.17) is 4.42 Å². The van der Waals surface area contributed by atoms with Crippen molar-refractivity contribution in [1.29, 1.82) is 0 Å². The zero-order valence-corrected chi connectivity index (χ0v) is 13.3. The van der Waals surface area contributed by atoms with Gasteiger partial charge in [0.05, 0.1) is 18.1 Å². The van der Waals surface area contributed by atoms with Gasteiger partial charge in [-0.2, -0.15) is 0 Å². The summed E-state index contributed by atoms with van der Waals surface area (Å²) in [6.07, 6.45) is 6.37. The van der Waals surface area contributed by atoms with E-state index in [9.17, 15) is 14.7 Å². The van der Waals surface area contributed by atoms with Crippen molar-refractivity contribution in [3.63, 3.8) is 0 Å². The monoisotopic (exact) mass is 307 g/mol. The molecule has 22 heavy (non-hydrogen) atoms. The van der Waals surface area contributed by atoms with Crippen LogP contribution < -0.4 is 0 Å². The molecular weight excluding hydrogens is 282 g/mol. The fourth-order valence-electron chi connectivity index (χ4n) is 3.20. The Balaban J connectivity index is 1.93. The van der Waals surface area contributed by atoms with E-state index >= 15 is 0 Å². The molecule has 1 N–H and O–H groups in total. The van der Waals surface area contributed by atoms with Crippen LogP contribution in [0.4, 0.5) is 0 Å². The number of amides is 1. The second kappa shape index (κ2) is 7.47. The summed E-state index contributed by atoms with van der Waals surface area (Å²) < 4.78 is 5.31. The molecule has 1 amide bonds. The van der Waals surface area contributed by atoms with Crippen molar-refractivity contribution < 1.29 is 19.1 Å². The maximum Gasteiger partial charge on any atom is 0.307 e. The molecule has 0 saturated heterocycles. The predicted octanol–water partition coefficient (Wildman–Crippen LogP) is 2.95. The third-order valence-electron chi connectivity index (χ3n) is 4.80. The van der Waals surface area contributed by atoms with Crippen LogP contribution >= 0.6 is 0 Å². The molecule has 0 radical (unpaired) electrons. The Hall–Kier alpha value is -1.78. The van der Waals surface area contributed by atoms with Crippen LogP contribution in [0.5, 0.6) is 0 Å². The van der Waals surface area contributed by atoms with Crippen LogP contribution in [-0.2, 0) is 16.0 Å². The number of carbonyl (C=O) groups is 2. The smallest absolute Gasteiger partial charge is 0.307 e. The molecule has 1 aliphatic rings. The first kappa shape index (κ1) is 16.6. The lowest BCUT2D eigenvalue weighted by atomic mass is 9.78. The number of carbonyl (C=O) groups excluding carboxylic acids is 1. The Labute approximate surface area is 131 Å². The Morgan fingerprint density at radius 3 is 2.64 bits per heavy atom. The highest BCUT2D eigenvalue weighted by atomic mass is 16.4. The van der Waals surface area contributed by atoms with E-state index in [0.29, 0.717) is 12.8 Å². The van der Waals surface area contributed by atoms with Gasteiger partial charge >= 0.3 is 5.97 Å². The van der Waals surface area contributed by atoms with Gasteiger partial charge in [0.15, 0.2) is 0 Å². The summed E-state index contributed by atoms with van der Waals surface area (Å²) in [5.74, 6) is -0.856. The number of aliphatic carboxylic acids is 1. The van der Waals surface area contributed by atoms with Crippen LogP contribution in [0.1, 0.15) is 44.8 Å². The SMILES string of the molecule is CC(CCc1ccco1)N(C)C(=O)C1CCCCC1C(=O)O. The lowest BCUT2D eigenvalue weighted by Crippen LogP contribution is -2.44. The van der Waals surface area contributed by atoms with Crippen molar-refractivity contribution in [3.05, 3.63) is 24.2 Å². The average molecular weight is 307 g/mol. The summed E-state index contributed by atoms with van der Waals surface area (Å²) in [5.41, 5.74) is 0. The van der Waals surface area contributed by atoms with Gasteiger partial charge in [0.1, 0.15) is 5.76 Å². The van der Waals surface area contributed by atoms with Gasteiger partial charge in [-0.05, 0) is 38.3 Å². The molecule has 1 aromatic rings. The predicted molar refractivity (Wildman–Crippen MR) is 82.3 cm³/mol. The lowest BCUT2D eigenvalue weighted by Gasteiger charge is -2.33. The lowest BCUT2D eigenvalue weighted by molar-refractivity contribution is -0.152. The van der Waals surface area contributed by atoms with E-state index in [1.807, 2.05) is 19.1 Å². The van der Waals surface area contributed by atoms with E-state index in [2.05, 4.69) is 0 Å². The maximum atomic E-state index is 12.7. The molecular formula is C17H25NO4. The molecule has 0 aliphatic heterocycles. The molecule has 1 heterocycles. The first-order valence-corrected chi connectivity index (χ1v) is 8.02. The molecule has 3 unspecified atom stereocenters. The van der Waals surface area contributed by atoms with Gasteiger partial charge in [0.25, 0.3) is 0 Å². The molecule has 0 aromatic carbocycles. The van der Waals surface area contributed by atoms with Crippen LogP contribution in [0, 0.1) is 11.8 Å². The van der Waals surface area contributed by atoms with Crippen LogP contribution in [0.2, 0.25) is 0 Å². The molecule has 5 nitrogen and oxygen atoms in total. The zero-order chi connectivity index (χ0) is 16.1. The summed E-state index contributed by atoms with van der Waals surface area (Å²) in [4.78, 5) is 25.7. The fourth-order valence-corrected chi connectivity index (χ4v) is 3.20. The van der Waals surface area contributed by atoms with E-state index in [1.54, 1.807) is 18.2 Å². The largest absolute Gasteiger partial charge is 0.481 e. The summed E-state index contributed by atoms with van der Waals surface area (Å²) in [7, 11) is 1.78. The molecule has 2 rings (SSSR count). The highest BCUT2D eigenvalue weighted by molar-refractivity contribution is 5.85. The molecule has 0 spiro atoms. The van der Waals surface area contributed by atoms with E-state index in [0.717, 1.165) is 31.4 Å². The highest BCUT2D eigenvalue weighted by Gasteiger charge is 2.37. The summed E-state index contributed by atoms with van der Waals surface area (Å²) >= 11 is 0. The number of hydrogen-bond donors (Lipinski definition) is 1. The molecule has 3 atom stereocenters. The minimum absolute atomic E-state index is 0.0287. The van der Waals surface area contributed by atoms with Gasteiger partial charge < -0.3 is 14.4 Å². The van der Waals surface area contributed by atoms with E-state index in [-0.39, 0.29) is 17.9 Å². The minimum Gasteiger partial charge on any atom is -0.481 e. The van der Waals surface area contributed by atoms with Crippen molar-refractivity contribution in [1.82, 2.24) is 4.90 Å². The molecule has 1 aliphatic carbocycles. The quantitative estimate of drug-likeness (QED) is 0.877. The Bertz CT molecular complexity index is 497. The molecule has 1 aromatic heterocycles. The summed E-state index contributed by atoms with van der Waals surface area (Å²) in [6.45, 7) is 2.00. The second-order valence-electron chi connectivity index (χ2n) is 6.25. The van der Waals surface area contributed by atoms with Crippen molar-refractivity contribution in [2.24, 2.45) is 11.8 Å². The first-order chi connectivity index (χ1) is 10.5. The number of furan rings is 1. The fraction of sp³-hybridized carbons (Fsp3) is 0.647. The van der Waals surface area contributed by atoms with Crippen LogP contribution in [0.25, 0.3) is 0 Å². The van der Waals surface area contributed by atoms with Gasteiger partial charge in [-0.3, -0.25) is 9.59 Å². The molecule has 122 valence electrons. The first-order valence-electron chi connectivity index (χ1n) is 8.02. The van der Waals surface area contributed by atoms with Crippen LogP contribution in [0.15, 0.2) is 22.8 Å². The topological polar surface area (TPSA) is 70.8 Å². The van der Waals surface area contributed by atoms with Gasteiger partial charge in [-0.25, -0.2) is 0 Å². The van der Waals surface area contributed by atoms with Gasteiger partial charge in [-0.15, -0.1) is 0 Å². The molecule has 0 bridgehead atoms. The van der Waals surface area contributed by atoms with E-state index < -0.39 is 11.9 Å². The standard InChI is InChI=1S/C17H25NO4/c1-12(9-10-13-6-5-11-22-13)18(2)16(19)14-7-3-4-8-15(14)17(20)21/h5-6,11-12,14-15H,3-4,7-10H2,1-2H3,(H,20,21). The third kappa shape index (κ3) is 3.90. The zero-order valence-electron chi connectivity index (χ0n) is 13.3.